The van der Waals surface area contributed by atoms with Crippen LogP contribution in [0.2, 0.25) is 5.02 Å². The van der Waals surface area contributed by atoms with Gasteiger partial charge in [-0.2, -0.15) is 0 Å². The summed E-state index contributed by atoms with van der Waals surface area (Å²) in [4.78, 5) is 27.6. The number of rotatable bonds is 15. The zero-order valence-corrected chi connectivity index (χ0v) is 22.6. The second kappa shape index (κ2) is 15.2. The number of esters is 1. The van der Waals surface area contributed by atoms with Crippen molar-refractivity contribution in [1.29, 1.82) is 0 Å². The summed E-state index contributed by atoms with van der Waals surface area (Å²) in [5.41, 5.74) is -0.734. The number of Topliss-reactive ketones (excluding diaryl/α,β-unsaturated/α-hetero) is 1. The predicted molar refractivity (Wildman–Crippen MR) is 147 cm³/mol. The third-order valence-corrected chi connectivity index (χ3v) is 7.24. The fraction of sp³-hybridized carbons (Fsp3) is 0.548. The van der Waals surface area contributed by atoms with Gasteiger partial charge in [-0.15, -0.1) is 0 Å². The minimum atomic E-state index is -1.29. The number of nitrogens with zero attached hydrogens (tertiary/aromatic N) is 1. The van der Waals surface area contributed by atoms with Crippen LogP contribution in [0.1, 0.15) is 105 Å². The summed E-state index contributed by atoms with van der Waals surface area (Å²) in [6.07, 6.45) is 9.19. The van der Waals surface area contributed by atoms with Gasteiger partial charge in [-0.3, -0.25) is 9.59 Å². The van der Waals surface area contributed by atoms with Crippen molar-refractivity contribution in [3.63, 3.8) is 0 Å². The van der Waals surface area contributed by atoms with Gasteiger partial charge in [-0.05, 0) is 61.3 Å². The van der Waals surface area contributed by atoms with E-state index in [1.54, 1.807) is 0 Å². The number of hydrogen-bond acceptors (Lipinski definition) is 4. The van der Waals surface area contributed by atoms with Crippen LogP contribution >= 0.6 is 11.6 Å². The van der Waals surface area contributed by atoms with Crippen molar-refractivity contribution < 1.29 is 24.2 Å². The van der Waals surface area contributed by atoms with Crippen LogP contribution in [0, 0.1) is 5.82 Å². The molecule has 0 amide bonds. The molecule has 0 radical (unpaired) electrons. The Morgan fingerprint density at radius 1 is 0.946 bits per heavy atom. The van der Waals surface area contributed by atoms with E-state index in [1.807, 2.05) is 0 Å². The number of carbonyl (C=O) groups is 2. The molecule has 1 aliphatic rings. The Morgan fingerprint density at radius 3 is 2.22 bits per heavy atom. The monoisotopic (exact) mass is 533 g/mol. The first-order valence-electron chi connectivity index (χ1n) is 15.6. The lowest BCUT2D eigenvalue weighted by molar-refractivity contribution is -0.167. The summed E-state index contributed by atoms with van der Waals surface area (Å²) in [6, 6.07) is 4.27. The average Bonchev–Trinajstić information content (AvgIpc) is 2.96. The molecule has 0 atom stereocenters. The molecule has 3 rings (SSSR count). The van der Waals surface area contributed by atoms with E-state index in [1.165, 1.54) is 43.5 Å². The Hall–Kier alpha value is -2.24. The first kappa shape index (κ1) is 23.8. The van der Waals surface area contributed by atoms with E-state index in [-0.39, 0.29) is 52.8 Å². The molecule has 1 fully saturated rings. The highest BCUT2D eigenvalue weighted by atomic mass is 35.5. The highest BCUT2D eigenvalue weighted by molar-refractivity contribution is 6.30. The van der Waals surface area contributed by atoms with Crippen molar-refractivity contribution >= 4 is 23.4 Å². The molecule has 1 saturated heterocycles. The number of carbonyl (C=O) groups excluding carboxylic acids is 2. The number of ketones is 1. The molecule has 1 heterocycles. The van der Waals surface area contributed by atoms with Gasteiger partial charge in [0, 0.05) is 49.4 Å². The second-order valence-electron chi connectivity index (χ2n) is 9.90. The summed E-state index contributed by atoms with van der Waals surface area (Å²) in [6.45, 7) is 3.80. The third kappa shape index (κ3) is 9.54. The Bertz CT molecular complexity index is 1160. The Morgan fingerprint density at radius 2 is 1.57 bits per heavy atom. The summed E-state index contributed by atoms with van der Waals surface area (Å²) >= 11 is 6.06. The third-order valence-electron chi connectivity index (χ3n) is 7.05. The van der Waals surface area contributed by atoms with Gasteiger partial charge in [0.2, 0.25) is 0 Å². The molecule has 0 unspecified atom stereocenters. The number of piperidine rings is 1. The molecule has 4 nitrogen and oxygen atoms in total. The van der Waals surface area contributed by atoms with Crippen LogP contribution in [-0.4, -0.2) is 36.3 Å². The maximum Gasteiger partial charge on any atom is 0.306 e. The minimum Gasteiger partial charge on any atom is -0.454 e. The van der Waals surface area contributed by atoms with Crippen molar-refractivity contribution in [2.24, 2.45) is 0 Å². The molecule has 0 aromatic heterocycles. The van der Waals surface area contributed by atoms with Crippen molar-refractivity contribution in [3.8, 4) is 0 Å². The molecule has 2 aromatic carbocycles. The van der Waals surface area contributed by atoms with Gasteiger partial charge in [-0.25, -0.2) is 4.39 Å². The van der Waals surface area contributed by atoms with Crippen LogP contribution in [-0.2, 0) is 15.1 Å². The quantitative estimate of drug-likeness (QED) is 0.132. The molecule has 0 aliphatic carbocycles. The number of likely N-dealkylation sites (tertiary alicyclic amines) is 1. The number of unbranched alkanes of at least 4 members (excludes halogenated alkanes) is 6. The second-order valence-corrected chi connectivity index (χ2v) is 10.3. The normalized spacial score (nSPS) is 16.9. The summed E-state index contributed by atoms with van der Waals surface area (Å²) in [5.74, 6) is -0.840. The molecule has 1 aliphatic heterocycles. The van der Waals surface area contributed by atoms with Crippen molar-refractivity contribution in [2.45, 2.75) is 89.6 Å². The van der Waals surface area contributed by atoms with E-state index in [9.17, 15) is 14.0 Å². The van der Waals surface area contributed by atoms with E-state index in [2.05, 4.69) is 11.8 Å². The number of ether oxygens (including phenoxy) is 1. The van der Waals surface area contributed by atoms with Crippen LogP contribution in [0.3, 0.4) is 0 Å². The van der Waals surface area contributed by atoms with Crippen molar-refractivity contribution in [3.05, 3.63) is 70.4 Å². The summed E-state index contributed by atoms with van der Waals surface area (Å²) < 4.78 is 52.9. The number of hydrogen-bond donors (Lipinski definition) is 0. The number of benzene rings is 2. The average molecular weight is 534 g/mol. The smallest absolute Gasteiger partial charge is 0.306 e. The van der Waals surface area contributed by atoms with Crippen LogP contribution in [0.15, 0.2) is 48.4 Å². The molecule has 0 spiro atoms. The standard InChI is InChI=1S/C31H41ClFNO3/c1-2-3-4-5-6-7-8-11-30(36)37-31(26-14-16-27(32)17-15-26)20-23-34(24-21-31)22-9-10-29(35)25-12-18-28(33)19-13-25/h12-19H,2-11,20-24H2,1H3/i14D,15D,16D,17D. The first-order chi connectivity index (χ1) is 19.6. The highest BCUT2D eigenvalue weighted by Crippen LogP contribution is 2.38. The van der Waals surface area contributed by atoms with Crippen LogP contribution < -0.4 is 0 Å². The largest absolute Gasteiger partial charge is 0.454 e. The van der Waals surface area contributed by atoms with Crippen LogP contribution in [0.4, 0.5) is 4.39 Å². The predicted octanol–water partition coefficient (Wildman–Crippen LogP) is 8.12. The van der Waals surface area contributed by atoms with Crippen molar-refractivity contribution in [1.82, 2.24) is 4.90 Å². The zero-order chi connectivity index (χ0) is 30.0. The van der Waals surface area contributed by atoms with Gasteiger partial charge in [0.1, 0.15) is 11.4 Å². The van der Waals surface area contributed by atoms with E-state index in [4.69, 9.17) is 21.8 Å². The van der Waals surface area contributed by atoms with Gasteiger partial charge < -0.3 is 9.64 Å². The molecular weight excluding hydrogens is 489 g/mol. The molecule has 0 N–H and O–H groups in total. The van der Waals surface area contributed by atoms with Gasteiger partial charge in [-0.1, -0.05) is 69.1 Å². The van der Waals surface area contributed by atoms with E-state index >= 15 is 0 Å². The Labute approximate surface area is 232 Å². The lowest BCUT2D eigenvalue weighted by Crippen LogP contribution is -2.45. The zero-order valence-electron chi connectivity index (χ0n) is 25.8. The maximum atomic E-state index is 13.2. The lowest BCUT2D eigenvalue weighted by Gasteiger charge is -2.41. The molecular formula is C31H41ClFNO3. The minimum absolute atomic E-state index is 0.0551. The lowest BCUT2D eigenvalue weighted by atomic mass is 9.84. The van der Waals surface area contributed by atoms with Gasteiger partial charge >= 0.3 is 5.97 Å². The molecule has 2 aromatic rings. The maximum absolute atomic E-state index is 13.2. The topological polar surface area (TPSA) is 46.6 Å². The first-order valence-corrected chi connectivity index (χ1v) is 14.0. The van der Waals surface area contributed by atoms with Crippen LogP contribution in [0.25, 0.3) is 0 Å². The van der Waals surface area contributed by atoms with Gasteiger partial charge in [0.15, 0.2) is 5.78 Å². The van der Waals surface area contributed by atoms with Gasteiger partial charge in [0.25, 0.3) is 0 Å². The fourth-order valence-corrected chi connectivity index (χ4v) is 4.90. The van der Waals surface area contributed by atoms with Gasteiger partial charge in [0.05, 0.1) is 5.48 Å². The Kier molecular flexibility index (Phi) is 9.82. The molecule has 0 bridgehead atoms. The van der Waals surface area contributed by atoms with Crippen LogP contribution in [0.5, 0.6) is 0 Å². The van der Waals surface area contributed by atoms with E-state index in [0.29, 0.717) is 57.3 Å². The van der Waals surface area contributed by atoms with E-state index in [0.717, 1.165) is 19.3 Å². The summed E-state index contributed by atoms with van der Waals surface area (Å²) in [7, 11) is 0. The molecule has 202 valence electrons. The summed E-state index contributed by atoms with van der Waals surface area (Å²) in [5, 5.41) is -0.253. The van der Waals surface area contributed by atoms with E-state index < -0.39 is 11.6 Å². The molecule has 0 saturated carbocycles. The highest BCUT2D eigenvalue weighted by Gasteiger charge is 2.39. The molecule has 37 heavy (non-hydrogen) atoms. The Balaban J connectivity index is 1.66. The molecule has 6 heteroatoms. The van der Waals surface area contributed by atoms with Crippen molar-refractivity contribution in [2.75, 3.05) is 19.6 Å². The number of halogens is 2. The fourth-order valence-electron chi connectivity index (χ4n) is 4.80. The SMILES string of the molecule is [2H]c1c([2H])c(C2(OC(=O)CCCCCCCCC)CCN(CCCC(=O)c3ccc(F)cc3)CC2)c([2H])c([2H])c1Cl.